The van der Waals surface area contributed by atoms with Gasteiger partial charge in [-0.05, 0) is 32.3 Å². The van der Waals surface area contributed by atoms with Gasteiger partial charge in [-0.25, -0.2) is 0 Å². The molecule has 1 heterocycles. The number of carbonyl (C=O) groups excluding carboxylic acids is 1. The number of nitrogens with two attached hydrogens (primary N) is 1. The molecule has 1 aliphatic heterocycles. The number of nitrogens with zero attached hydrogens (tertiary/aromatic N) is 2. The maximum Gasteiger partial charge on any atom is 0.270 e. The second kappa shape index (κ2) is 5.26. The van der Waals surface area contributed by atoms with Crippen LogP contribution in [0.2, 0.25) is 0 Å². The third-order valence-corrected chi connectivity index (χ3v) is 3.54. The van der Waals surface area contributed by atoms with Crippen molar-refractivity contribution in [2.75, 3.05) is 12.3 Å². The van der Waals surface area contributed by atoms with Crippen LogP contribution in [0.1, 0.15) is 36.5 Å². The summed E-state index contributed by atoms with van der Waals surface area (Å²) in [5.74, 6) is -0.214. The van der Waals surface area contributed by atoms with Crippen LogP contribution in [0.5, 0.6) is 0 Å². The van der Waals surface area contributed by atoms with Crippen LogP contribution in [0.3, 0.4) is 0 Å². The molecule has 0 aromatic heterocycles. The molecule has 0 bridgehead atoms. The van der Waals surface area contributed by atoms with E-state index in [0.29, 0.717) is 6.54 Å². The van der Waals surface area contributed by atoms with Crippen LogP contribution < -0.4 is 5.73 Å². The summed E-state index contributed by atoms with van der Waals surface area (Å²) >= 11 is 0. The molecule has 6 nitrogen and oxygen atoms in total. The fourth-order valence-electron chi connectivity index (χ4n) is 2.40. The summed E-state index contributed by atoms with van der Waals surface area (Å²) in [6, 6.07) is 4.14. The minimum atomic E-state index is -0.518. The number of piperidine rings is 1. The van der Waals surface area contributed by atoms with Crippen molar-refractivity contribution in [3.8, 4) is 0 Å². The lowest BCUT2D eigenvalue weighted by atomic mass is 10.0. The topological polar surface area (TPSA) is 89.5 Å². The predicted molar refractivity (Wildman–Crippen MR) is 71.9 cm³/mol. The minimum Gasteiger partial charge on any atom is -0.398 e. The minimum absolute atomic E-state index is 0.109. The standard InChI is InChI=1S/C13H17N3O3/c1-9-4-2-3-7-15(9)13(17)11-8-10(16(18)19)5-6-12(11)14/h5-6,8-9H,2-4,7,14H2,1H3. The molecule has 1 aromatic carbocycles. The van der Waals surface area contributed by atoms with Crippen molar-refractivity contribution in [2.24, 2.45) is 0 Å². The number of benzene rings is 1. The molecular formula is C13H17N3O3. The zero-order valence-corrected chi connectivity index (χ0v) is 10.8. The third kappa shape index (κ3) is 2.67. The first-order valence-electron chi connectivity index (χ1n) is 6.35. The number of nitro groups is 1. The first kappa shape index (κ1) is 13.3. The normalized spacial score (nSPS) is 19.2. The van der Waals surface area contributed by atoms with Gasteiger partial charge < -0.3 is 10.6 Å². The van der Waals surface area contributed by atoms with E-state index in [0.717, 1.165) is 19.3 Å². The summed E-state index contributed by atoms with van der Waals surface area (Å²) in [6.07, 6.45) is 3.03. The van der Waals surface area contributed by atoms with Crippen LogP contribution >= 0.6 is 0 Å². The van der Waals surface area contributed by atoms with Crippen molar-refractivity contribution < 1.29 is 9.72 Å². The van der Waals surface area contributed by atoms with Crippen molar-refractivity contribution in [1.82, 2.24) is 4.90 Å². The Labute approximate surface area is 111 Å². The smallest absolute Gasteiger partial charge is 0.270 e. The van der Waals surface area contributed by atoms with E-state index >= 15 is 0 Å². The quantitative estimate of drug-likeness (QED) is 0.503. The zero-order valence-electron chi connectivity index (χ0n) is 10.8. The number of hydrogen-bond acceptors (Lipinski definition) is 4. The number of anilines is 1. The fourth-order valence-corrected chi connectivity index (χ4v) is 2.40. The Morgan fingerprint density at radius 3 is 2.84 bits per heavy atom. The van der Waals surface area contributed by atoms with E-state index < -0.39 is 4.92 Å². The second-order valence-electron chi connectivity index (χ2n) is 4.87. The van der Waals surface area contributed by atoms with Gasteiger partial charge in [0.05, 0.1) is 10.5 Å². The van der Waals surface area contributed by atoms with E-state index in [1.54, 1.807) is 4.90 Å². The van der Waals surface area contributed by atoms with Crippen molar-refractivity contribution in [3.05, 3.63) is 33.9 Å². The van der Waals surface area contributed by atoms with Gasteiger partial charge in [0, 0.05) is 30.4 Å². The van der Waals surface area contributed by atoms with Crippen LogP contribution in [0.15, 0.2) is 18.2 Å². The lowest BCUT2D eigenvalue weighted by Crippen LogP contribution is -2.42. The number of nitro benzene ring substituents is 1. The Hall–Kier alpha value is -2.11. The summed E-state index contributed by atoms with van der Waals surface area (Å²) in [4.78, 5) is 24.4. The van der Waals surface area contributed by atoms with Crippen molar-refractivity contribution in [1.29, 1.82) is 0 Å². The largest absolute Gasteiger partial charge is 0.398 e. The van der Waals surface area contributed by atoms with Crippen molar-refractivity contribution in [3.63, 3.8) is 0 Å². The average molecular weight is 263 g/mol. The van der Waals surface area contributed by atoms with Crippen LogP contribution in [-0.2, 0) is 0 Å². The van der Waals surface area contributed by atoms with Crippen LogP contribution in [0.4, 0.5) is 11.4 Å². The summed E-state index contributed by atoms with van der Waals surface area (Å²) in [6.45, 7) is 2.67. The first-order valence-corrected chi connectivity index (χ1v) is 6.35. The number of rotatable bonds is 2. The van der Waals surface area contributed by atoms with Gasteiger partial charge in [0.15, 0.2) is 0 Å². The molecule has 1 saturated heterocycles. The monoisotopic (exact) mass is 263 g/mol. The van der Waals surface area contributed by atoms with Gasteiger partial charge >= 0.3 is 0 Å². The molecular weight excluding hydrogens is 246 g/mol. The highest BCUT2D eigenvalue weighted by Crippen LogP contribution is 2.24. The predicted octanol–water partition coefficient (Wildman–Crippen LogP) is 2.19. The molecule has 0 spiro atoms. The number of nitrogen functional groups attached to an aromatic ring is 1. The zero-order chi connectivity index (χ0) is 14.0. The Kier molecular flexibility index (Phi) is 3.69. The van der Waals surface area contributed by atoms with Gasteiger partial charge in [-0.3, -0.25) is 14.9 Å². The highest BCUT2D eigenvalue weighted by molar-refractivity contribution is 6.00. The molecule has 1 fully saturated rings. The van der Waals surface area contributed by atoms with Crippen LogP contribution in [0, 0.1) is 10.1 Å². The summed E-state index contributed by atoms with van der Waals surface area (Å²) in [5, 5.41) is 10.8. The van der Waals surface area contributed by atoms with Gasteiger partial charge in [0.2, 0.25) is 0 Å². The Bertz CT molecular complexity index is 516. The molecule has 1 unspecified atom stereocenters. The molecule has 1 amide bonds. The third-order valence-electron chi connectivity index (χ3n) is 3.54. The maximum absolute atomic E-state index is 12.4. The van der Waals surface area contributed by atoms with E-state index in [-0.39, 0.29) is 28.9 Å². The molecule has 19 heavy (non-hydrogen) atoms. The van der Waals surface area contributed by atoms with Crippen LogP contribution in [-0.4, -0.2) is 28.3 Å². The van der Waals surface area contributed by atoms with Crippen LogP contribution in [0.25, 0.3) is 0 Å². The Morgan fingerprint density at radius 1 is 1.47 bits per heavy atom. The molecule has 0 aliphatic carbocycles. The maximum atomic E-state index is 12.4. The van der Waals surface area contributed by atoms with Gasteiger partial charge in [-0.2, -0.15) is 0 Å². The molecule has 0 saturated carbocycles. The number of carbonyl (C=O) groups is 1. The molecule has 0 radical (unpaired) electrons. The summed E-state index contributed by atoms with van der Waals surface area (Å²) in [7, 11) is 0. The van der Waals surface area contributed by atoms with Gasteiger partial charge in [-0.1, -0.05) is 0 Å². The summed E-state index contributed by atoms with van der Waals surface area (Å²) in [5.41, 5.74) is 6.17. The Morgan fingerprint density at radius 2 is 2.21 bits per heavy atom. The lowest BCUT2D eigenvalue weighted by molar-refractivity contribution is -0.384. The molecule has 6 heteroatoms. The van der Waals surface area contributed by atoms with Gasteiger partial charge in [0.1, 0.15) is 0 Å². The molecule has 1 aliphatic rings. The number of hydrogen-bond donors (Lipinski definition) is 1. The SMILES string of the molecule is CC1CCCCN1C(=O)c1cc([N+](=O)[O-])ccc1N. The summed E-state index contributed by atoms with van der Waals surface area (Å²) < 4.78 is 0. The number of likely N-dealkylation sites (tertiary alicyclic amines) is 1. The van der Waals surface area contributed by atoms with E-state index in [4.69, 9.17) is 5.73 Å². The molecule has 2 N–H and O–H groups in total. The van der Waals surface area contributed by atoms with Crippen molar-refractivity contribution in [2.45, 2.75) is 32.2 Å². The van der Waals surface area contributed by atoms with E-state index in [2.05, 4.69) is 0 Å². The first-order chi connectivity index (χ1) is 9.00. The Balaban J connectivity index is 2.32. The van der Waals surface area contributed by atoms with Crippen molar-refractivity contribution >= 4 is 17.3 Å². The average Bonchev–Trinajstić information content (AvgIpc) is 2.38. The molecule has 1 atom stereocenters. The number of amides is 1. The highest BCUT2D eigenvalue weighted by Gasteiger charge is 2.26. The fraction of sp³-hybridized carbons (Fsp3) is 0.462. The van der Waals surface area contributed by atoms with Gasteiger partial charge in [0.25, 0.3) is 11.6 Å². The van der Waals surface area contributed by atoms with E-state index in [9.17, 15) is 14.9 Å². The highest BCUT2D eigenvalue weighted by atomic mass is 16.6. The molecule has 102 valence electrons. The lowest BCUT2D eigenvalue weighted by Gasteiger charge is -2.33. The molecule has 1 aromatic rings. The number of non-ortho nitro benzene ring substituents is 1. The van der Waals surface area contributed by atoms with Gasteiger partial charge in [-0.15, -0.1) is 0 Å². The molecule has 2 rings (SSSR count). The van der Waals surface area contributed by atoms with E-state index in [1.165, 1.54) is 18.2 Å². The second-order valence-corrected chi connectivity index (χ2v) is 4.87. The van der Waals surface area contributed by atoms with E-state index in [1.807, 2.05) is 6.92 Å².